The Morgan fingerprint density at radius 2 is 1.93 bits per heavy atom. The summed E-state index contributed by atoms with van der Waals surface area (Å²) in [6.45, 7) is 6.18. The lowest BCUT2D eigenvalue weighted by atomic mass is 10.2. The van der Waals surface area contributed by atoms with Gasteiger partial charge in [-0.2, -0.15) is 0 Å². The molecule has 1 saturated heterocycles. The van der Waals surface area contributed by atoms with Gasteiger partial charge in [0.25, 0.3) is 5.91 Å². The molecule has 1 aliphatic rings. The number of carbonyl (C=O) groups is 2. The number of esters is 1. The van der Waals surface area contributed by atoms with Crippen molar-refractivity contribution in [2.75, 3.05) is 46.4 Å². The van der Waals surface area contributed by atoms with Crippen LogP contribution in [0.15, 0.2) is 27.8 Å². The second-order valence-electron chi connectivity index (χ2n) is 6.03. The number of piperazine rings is 1. The van der Waals surface area contributed by atoms with Gasteiger partial charge in [-0.15, -0.1) is 24.0 Å². The lowest BCUT2D eigenvalue weighted by molar-refractivity contribution is -0.140. The number of rotatable bonds is 7. The number of furan rings is 1. The molecular weight excluding hydrogens is 463 g/mol. The van der Waals surface area contributed by atoms with Crippen LogP contribution in [0.2, 0.25) is 0 Å². The molecular formula is C18H29IN4O4. The van der Waals surface area contributed by atoms with Crippen molar-refractivity contribution in [3.05, 3.63) is 24.2 Å². The number of hydrogen-bond donors (Lipinski definition) is 1. The third kappa shape index (κ3) is 7.39. The topological polar surface area (TPSA) is 87.4 Å². The highest BCUT2D eigenvalue weighted by atomic mass is 127. The van der Waals surface area contributed by atoms with Crippen LogP contribution in [0.1, 0.15) is 36.7 Å². The van der Waals surface area contributed by atoms with Gasteiger partial charge in [0.1, 0.15) is 0 Å². The van der Waals surface area contributed by atoms with E-state index in [4.69, 9.17) is 4.42 Å². The van der Waals surface area contributed by atoms with Crippen LogP contribution >= 0.6 is 24.0 Å². The normalized spacial score (nSPS) is 14.5. The minimum absolute atomic E-state index is 0. The van der Waals surface area contributed by atoms with Gasteiger partial charge >= 0.3 is 5.97 Å². The van der Waals surface area contributed by atoms with Crippen LogP contribution in [-0.4, -0.2) is 74.0 Å². The van der Waals surface area contributed by atoms with Gasteiger partial charge in [0.2, 0.25) is 0 Å². The summed E-state index contributed by atoms with van der Waals surface area (Å²) in [5, 5.41) is 3.30. The quantitative estimate of drug-likeness (QED) is 0.206. The number of nitrogens with zero attached hydrogens (tertiary/aromatic N) is 3. The molecule has 8 nitrogen and oxygen atoms in total. The van der Waals surface area contributed by atoms with E-state index in [0.29, 0.717) is 31.8 Å². The van der Waals surface area contributed by atoms with Crippen LogP contribution in [-0.2, 0) is 9.53 Å². The molecule has 2 heterocycles. The average molecular weight is 492 g/mol. The fraction of sp³-hybridized carbons (Fsp3) is 0.611. The van der Waals surface area contributed by atoms with Crippen molar-refractivity contribution in [2.24, 2.45) is 4.99 Å². The number of carbonyl (C=O) groups excluding carboxylic acids is 2. The van der Waals surface area contributed by atoms with Crippen molar-refractivity contribution >= 4 is 41.8 Å². The highest BCUT2D eigenvalue weighted by Gasteiger charge is 2.25. The summed E-state index contributed by atoms with van der Waals surface area (Å²) in [5.74, 6) is 0.984. The molecule has 0 aromatic carbocycles. The Kier molecular flexibility index (Phi) is 10.8. The van der Waals surface area contributed by atoms with Gasteiger partial charge in [0.15, 0.2) is 11.7 Å². The molecule has 1 aliphatic heterocycles. The third-order valence-corrected chi connectivity index (χ3v) is 4.21. The van der Waals surface area contributed by atoms with Crippen LogP contribution < -0.4 is 5.32 Å². The van der Waals surface area contributed by atoms with Crippen molar-refractivity contribution in [1.82, 2.24) is 15.1 Å². The summed E-state index contributed by atoms with van der Waals surface area (Å²) in [7, 11) is 1.40. The Morgan fingerprint density at radius 3 is 2.52 bits per heavy atom. The number of guanidine groups is 1. The Balaban J connectivity index is 0.00000364. The maximum atomic E-state index is 12.3. The van der Waals surface area contributed by atoms with Gasteiger partial charge in [-0.1, -0.05) is 0 Å². The highest BCUT2D eigenvalue weighted by molar-refractivity contribution is 14.0. The minimum atomic E-state index is -0.182. The molecule has 1 fully saturated rings. The smallest absolute Gasteiger partial charge is 0.305 e. The van der Waals surface area contributed by atoms with Crippen molar-refractivity contribution in [3.8, 4) is 0 Å². The highest BCUT2D eigenvalue weighted by Crippen LogP contribution is 2.10. The van der Waals surface area contributed by atoms with Crippen LogP contribution in [0.4, 0.5) is 0 Å². The van der Waals surface area contributed by atoms with Crippen molar-refractivity contribution in [1.29, 1.82) is 0 Å². The Hall–Kier alpha value is -1.78. The van der Waals surface area contributed by atoms with E-state index >= 15 is 0 Å². The van der Waals surface area contributed by atoms with E-state index in [1.54, 1.807) is 17.0 Å². The third-order valence-electron chi connectivity index (χ3n) is 4.21. The summed E-state index contributed by atoms with van der Waals surface area (Å²) in [6, 6.07) is 3.41. The number of amides is 1. The Morgan fingerprint density at radius 1 is 1.22 bits per heavy atom. The van der Waals surface area contributed by atoms with Crippen LogP contribution in [0, 0.1) is 0 Å². The Bertz CT molecular complexity index is 599. The molecule has 1 aromatic rings. The second kappa shape index (κ2) is 12.6. The minimum Gasteiger partial charge on any atom is -0.469 e. The number of halogens is 1. The molecule has 152 valence electrons. The van der Waals surface area contributed by atoms with E-state index in [0.717, 1.165) is 38.4 Å². The fourth-order valence-electron chi connectivity index (χ4n) is 2.77. The molecule has 1 amide bonds. The average Bonchev–Trinajstić information content (AvgIpc) is 3.21. The van der Waals surface area contributed by atoms with Gasteiger partial charge in [0, 0.05) is 45.7 Å². The molecule has 27 heavy (non-hydrogen) atoms. The van der Waals surface area contributed by atoms with Crippen LogP contribution in [0.3, 0.4) is 0 Å². The fourth-order valence-corrected chi connectivity index (χ4v) is 2.77. The predicted octanol–water partition coefficient (Wildman–Crippen LogP) is 1.96. The zero-order valence-electron chi connectivity index (χ0n) is 16.0. The van der Waals surface area contributed by atoms with Crippen LogP contribution in [0.5, 0.6) is 0 Å². The lowest BCUT2D eigenvalue weighted by Gasteiger charge is -2.36. The first-order valence-electron chi connectivity index (χ1n) is 9.08. The summed E-state index contributed by atoms with van der Waals surface area (Å²) < 4.78 is 9.82. The van der Waals surface area contributed by atoms with E-state index in [2.05, 4.69) is 19.9 Å². The van der Waals surface area contributed by atoms with E-state index in [1.807, 2.05) is 6.92 Å². The van der Waals surface area contributed by atoms with E-state index in [9.17, 15) is 9.59 Å². The number of unbranched alkanes of at least 4 members (excludes halogenated alkanes) is 1. The Labute approximate surface area is 177 Å². The summed E-state index contributed by atoms with van der Waals surface area (Å²) >= 11 is 0. The number of aliphatic imine (C=N–C) groups is 1. The van der Waals surface area contributed by atoms with Crippen molar-refractivity contribution in [3.63, 3.8) is 0 Å². The number of methoxy groups -OCH3 is 1. The SMILES string of the molecule is CCNC(=NCCCCC(=O)OC)N1CCN(C(=O)c2ccco2)CC1.I. The summed E-state index contributed by atoms with van der Waals surface area (Å²) in [6.07, 6.45) is 3.54. The van der Waals surface area contributed by atoms with Crippen LogP contribution in [0.25, 0.3) is 0 Å². The second-order valence-corrected chi connectivity index (χ2v) is 6.03. The maximum Gasteiger partial charge on any atom is 0.305 e. The van der Waals surface area contributed by atoms with E-state index in [1.165, 1.54) is 13.4 Å². The molecule has 0 atom stereocenters. The predicted molar refractivity (Wildman–Crippen MR) is 113 cm³/mol. The molecule has 0 radical (unpaired) electrons. The summed E-state index contributed by atoms with van der Waals surface area (Å²) in [4.78, 5) is 32.0. The number of hydrogen-bond acceptors (Lipinski definition) is 5. The first kappa shape index (κ1) is 23.3. The molecule has 0 spiro atoms. The molecule has 9 heteroatoms. The first-order chi connectivity index (χ1) is 12.7. The van der Waals surface area contributed by atoms with Gasteiger partial charge in [-0.25, -0.2) is 0 Å². The molecule has 1 N–H and O–H groups in total. The standard InChI is InChI=1S/C18H28N4O4.HI/c1-3-19-18(20-9-5-4-8-16(23)25-2)22-12-10-21(11-13-22)17(24)15-7-6-14-26-15;/h6-7,14H,3-5,8-13H2,1-2H3,(H,19,20);1H. The molecule has 0 saturated carbocycles. The molecule has 2 rings (SSSR count). The van der Waals surface area contributed by atoms with Gasteiger partial charge in [-0.05, 0) is 31.9 Å². The largest absolute Gasteiger partial charge is 0.469 e. The summed E-state index contributed by atoms with van der Waals surface area (Å²) in [5.41, 5.74) is 0. The maximum absolute atomic E-state index is 12.3. The molecule has 0 aliphatic carbocycles. The monoisotopic (exact) mass is 492 g/mol. The molecule has 0 bridgehead atoms. The zero-order chi connectivity index (χ0) is 18.8. The lowest BCUT2D eigenvalue weighted by Crippen LogP contribution is -2.53. The first-order valence-corrected chi connectivity index (χ1v) is 9.08. The zero-order valence-corrected chi connectivity index (χ0v) is 18.3. The van der Waals surface area contributed by atoms with Crippen molar-refractivity contribution < 1.29 is 18.7 Å². The van der Waals surface area contributed by atoms with E-state index < -0.39 is 0 Å². The molecule has 0 unspecified atom stereocenters. The van der Waals surface area contributed by atoms with E-state index in [-0.39, 0.29) is 35.9 Å². The van der Waals surface area contributed by atoms with Gasteiger partial charge < -0.3 is 24.3 Å². The molecule has 1 aromatic heterocycles. The number of ether oxygens (including phenoxy) is 1. The van der Waals surface area contributed by atoms with Gasteiger partial charge in [-0.3, -0.25) is 14.6 Å². The van der Waals surface area contributed by atoms with Gasteiger partial charge in [0.05, 0.1) is 13.4 Å². The number of nitrogens with one attached hydrogen (secondary N) is 1. The van der Waals surface area contributed by atoms with Crippen molar-refractivity contribution in [2.45, 2.75) is 26.2 Å².